The number of nitrogens with zero attached hydrogens (tertiary/aromatic N) is 5. The standard InChI is InChI=1S/C51H56F2N8O5/c1-32-40(26-37(52)27-43(32)57-48(63)39-15-12-36(25-42(39)53)50(2,3)65)46-41-28-44(56-47(41)55-31-54-46)35-10-6-34(7-11-35)29-59-21-17-51(18-22-59)30-60(23-24-66-51)19-4-5-33-8-13-38(14-9-33)61-20-16-45(62)58-49(61)64/h6-15,25-28,31,48,57,63,65H,4-5,16-24,29-30H2,1-3H3,(H,54,55,56)(H,58,62,64). The summed E-state index contributed by atoms with van der Waals surface area (Å²) in [5, 5.41) is 27.2. The number of H-pyrrole nitrogens is 1. The molecule has 344 valence electrons. The van der Waals surface area contributed by atoms with Gasteiger partial charge in [0.15, 0.2) is 6.23 Å². The molecule has 6 aromatic rings. The zero-order valence-electron chi connectivity index (χ0n) is 37.5. The average molecular weight is 899 g/mol. The Morgan fingerprint density at radius 2 is 1.67 bits per heavy atom. The maximum Gasteiger partial charge on any atom is 0.328 e. The number of aliphatic hydroxyl groups is 2. The summed E-state index contributed by atoms with van der Waals surface area (Å²) in [6.07, 6.45) is 4.21. The number of ether oxygens (including phenoxy) is 1. The van der Waals surface area contributed by atoms with Gasteiger partial charge < -0.3 is 25.3 Å². The number of benzene rings is 4. The fourth-order valence-electron chi connectivity index (χ4n) is 9.48. The Kier molecular flexibility index (Phi) is 12.7. The highest BCUT2D eigenvalue weighted by molar-refractivity contribution is 6.05. The average Bonchev–Trinajstić information content (AvgIpc) is 3.74. The van der Waals surface area contributed by atoms with E-state index < -0.39 is 23.5 Å². The van der Waals surface area contributed by atoms with Gasteiger partial charge in [-0.1, -0.05) is 48.5 Å². The lowest BCUT2D eigenvalue weighted by Crippen LogP contribution is -2.56. The van der Waals surface area contributed by atoms with Crippen LogP contribution in [0, 0.1) is 18.6 Å². The van der Waals surface area contributed by atoms with Crippen molar-refractivity contribution >= 4 is 34.3 Å². The van der Waals surface area contributed by atoms with Crippen molar-refractivity contribution in [1.29, 1.82) is 0 Å². The van der Waals surface area contributed by atoms with E-state index in [0.29, 0.717) is 46.4 Å². The van der Waals surface area contributed by atoms with Crippen LogP contribution in [0.2, 0.25) is 0 Å². The summed E-state index contributed by atoms with van der Waals surface area (Å²) >= 11 is 0. The second-order valence-electron chi connectivity index (χ2n) is 18.4. The Morgan fingerprint density at radius 1 is 0.909 bits per heavy atom. The van der Waals surface area contributed by atoms with E-state index in [4.69, 9.17) is 4.74 Å². The second kappa shape index (κ2) is 18.6. The van der Waals surface area contributed by atoms with Crippen molar-refractivity contribution in [1.82, 2.24) is 30.1 Å². The Labute approximate surface area is 382 Å². The number of anilines is 2. The van der Waals surface area contributed by atoms with E-state index in [1.54, 1.807) is 31.7 Å². The molecule has 0 bridgehead atoms. The van der Waals surface area contributed by atoms with Gasteiger partial charge in [0.25, 0.3) is 0 Å². The number of nitrogens with one attached hydrogen (secondary N) is 3. The van der Waals surface area contributed by atoms with Gasteiger partial charge in [-0.2, -0.15) is 0 Å². The second-order valence-corrected chi connectivity index (χ2v) is 18.4. The number of imide groups is 1. The molecule has 3 aliphatic rings. The first-order chi connectivity index (χ1) is 31.7. The number of rotatable bonds is 13. The highest BCUT2D eigenvalue weighted by atomic mass is 19.1. The van der Waals surface area contributed by atoms with Crippen molar-refractivity contribution in [2.75, 3.05) is 56.1 Å². The van der Waals surface area contributed by atoms with Crippen LogP contribution in [-0.2, 0) is 28.1 Å². The Bertz CT molecular complexity index is 2730. The largest absolute Gasteiger partial charge is 0.386 e. The fraction of sp³-hybridized carbons (Fsp3) is 0.373. The van der Waals surface area contributed by atoms with Crippen LogP contribution in [0.15, 0.2) is 91.3 Å². The number of aromatic nitrogens is 3. The lowest BCUT2D eigenvalue weighted by molar-refractivity contribution is -0.136. The van der Waals surface area contributed by atoms with Crippen LogP contribution in [-0.4, -0.2) is 98.4 Å². The summed E-state index contributed by atoms with van der Waals surface area (Å²) in [4.78, 5) is 42.8. The van der Waals surface area contributed by atoms with Crippen molar-refractivity contribution in [2.45, 2.75) is 76.9 Å². The number of carbonyl (C=O) groups excluding carboxylic acids is 2. The molecule has 66 heavy (non-hydrogen) atoms. The molecule has 3 amide bonds. The van der Waals surface area contributed by atoms with E-state index in [2.05, 4.69) is 71.8 Å². The number of hydrogen-bond donors (Lipinski definition) is 5. The van der Waals surface area contributed by atoms with E-state index >= 15 is 8.78 Å². The maximum absolute atomic E-state index is 15.2. The van der Waals surface area contributed by atoms with Gasteiger partial charge in [0.05, 0.1) is 23.5 Å². The zero-order valence-corrected chi connectivity index (χ0v) is 37.5. The van der Waals surface area contributed by atoms with Crippen molar-refractivity contribution < 1.29 is 33.3 Å². The number of aliphatic hydroxyl groups excluding tert-OH is 1. The van der Waals surface area contributed by atoms with E-state index in [9.17, 15) is 19.8 Å². The van der Waals surface area contributed by atoms with Crippen LogP contribution in [0.4, 0.5) is 25.0 Å². The number of hydrogen-bond acceptors (Lipinski definition) is 10. The third-order valence-electron chi connectivity index (χ3n) is 13.4. The molecule has 5 N–H and O–H groups in total. The molecule has 0 saturated carbocycles. The predicted octanol–water partition coefficient (Wildman–Crippen LogP) is 7.95. The van der Waals surface area contributed by atoms with E-state index in [1.807, 2.05) is 18.2 Å². The number of amides is 3. The van der Waals surface area contributed by atoms with E-state index in [1.165, 1.54) is 41.7 Å². The molecule has 3 saturated heterocycles. The van der Waals surface area contributed by atoms with Crippen LogP contribution >= 0.6 is 0 Å². The topological polar surface area (TPSA) is 159 Å². The summed E-state index contributed by atoms with van der Waals surface area (Å²) in [7, 11) is 0. The molecule has 3 aliphatic heterocycles. The molecule has 0 aliphatic carbocycles. The lowest BCUT2D eigenvalue weighted by Gasteiger charge is -2.47. The lowest BCUT2D eigenvalue weighted by atomic mass is 9.89. The molecule has 5 heterocycles. The predicted molar refractivity (Wildman–Crippen MR) is 250 cm³/mol. The Morgan fingerprint density at radius 3 is 2.39 bits per heavy atom. The van der Waals surface area contributed by atoms with Gasteiger partial charge in [-0.05, 0) is 117 Å². The summed E-state index contributed by atoms with van der Waals surface area (Å²) in [6.45, 7) is 11.7. The number of likely N-dealkylation sites (tertiary alicyclic amines) is 1. The number of carbonyl (C=O) groups is 2. The zero-order chi connectivity index (χ0) is 46.2. The van der Waals surface area contributed by atoms with Crippen LogP contribution in [0.5, 0.6) is 0 Å². The SMILES string of the molecule is Cc1c(NC(O)c2ccc(C(C)(C)O)cc2F)cc(F)cc1-c1ncnc2[nH]c(-c3ccc(CN4CCC5(CC4)CN(CCCc4ccc(N6CCC(=O)NC6=O)cc4)CCO5)cc3)cc12. The molecule has 13 nitrogen and oxygen atoms in total. The van der Waals surface area contributed by atoms with Crippen LogP contribution in [0.25, 0.3) is 33.5 Å². The van der Waals surface area contributed by atoms with Crippen molar-refractivity contribution in [3.8, 4) is 22.5 Å². The van der Waals surface area contributed by atoms with Gasteiger partial charge in [-0.3, -0.25) is 24.8 Å². The molecule has 2 aromatic heterocycles. The minimum atomic E-state index is -1.49. The number of fused-ring (bicyclic) bond motifs is 1. The van der Waals surface area contributed by atoms with Gasteiger partial charge >= 0.3 is 6.03 Å². The number of morpholine rings is 1. The van der Waals surface area contributed by atoms with Gasteiger partial charge in [-0.15, -0.1) is 0 Å². The van der Waals surface area contributed by atoms with Gasteiger partial charge in [-0.25, -0.2) is 23.5 Å². The molecule has 1 atom stereocenters. The third-order valence-corrected chi connectivity index (χ3v) is 13.4. The molecular formula is C51H56F2N8O5. The highest BCUT2D eigenvalue weighted by Gasteiger charge is 2.39. The fourth-order valence-corrected chi connectivity index (χ4v) is 9.48. The van der Waals surface area contributed by atoms with Gasteiger partial charge in [0.1, 0.15) is 23.6 Å². The quantitative estimate of drug-likeness (QED) is 0.0721. The Hall–Kier alpha value is -6.10. The first-order valence-electron chi connectivity index (χ1n) is 22.7. The minimum absolute atomic E-state index is 0.0391. The molecule has 1 unspecified atom stereocenters. The van der Waals surface area contributed by atoms with E-state index in [-0.39, 0.29) is 28.8 Å². The molecule has 15 heteroatoms. The molecule has 0 radical (unpaired) electrons. The molecule has 3 fully saturated rings. The summed E-state index contributed by atoms with van der Waals surface area (Å²) in [5.74, 6) is -1.49. The molecule has 1 spiro atoms. The molecular weight excluding hydrogens is 843 g/mol. The number of piperidine rings is 1. The minimum Gasteiger partial charge on any atom is -0.386 e. The van der Waals surface area contributed by atoms with Crippen LogP contribution in [0.1, 0.15) is 73.6 Å². The smallest absolute Gasteiger partial charge is 0.328 e. The van der Waals surface area contributed by atoms with Gasteiger partial charge in [0, 0.05) is 79.3 Å². The summed E-state index contributed by atoms with van der Waals surface area (Å²) in [5.41, 5.74) is 6.48. The van der Waals surface area contributed by atoms with Crippen molar-refractivity contribution in [3.63, 3.8) is 0 Å². The Balaban J connectivity index is 0.790. The number of aryl methyl sites for hydroxylation is 1. The van der Waals surface area contributed by atoms with E-state index in [0.717, 1.165) is 88.5 Å². The summed E-state index contributed by atoms with van der Waals surface area (Å²) in [6, 6.07) is 24.9. The number of urea groups is 1. The first-order valence-corrected chi connectivity index (χ1v) is 22.7. The van der Waals surface area contributed by atoms with Crippen molar-refractivity contribution in [3.05, 3.63) is 131 Å². The molecule has 4 aromatic carbocycles. The third kappa shape index (κ3) is 9.86. The van der Waals surface area contributed by atoms with Crippen LogP contribution < -0.4 is 15.5 Å². The van der Waals surface area contributed by atoms with Gasteiger partial charge in [0.2, 0.25) is 5.91 Å². The number of aromatic amines is 1. The molecule has 9 rings (SSSR count). The normalized spacial score (nSPS) is 17.7. The van der Waals surface area contributed by atoms with Crippen molar-refractivity contribution in [2.24, 2.45) is 0 Å². The monoisotopic (exact) mass is 898 g/mol. The van der Waals surface area contributed by atoms with Crippen LogP contribution in [0.3, 0.4) is 0 Å². The number of halogens is 2. The maximum atomic E-state index is 15.2. The summed E-state index contributed by atoms with van der Waals surface area (Å²) < 4.78 is 36.8. The first kappa shape index (κ1) is 45.1. The highest BCUT2D eigenvalue weighted by Crippen LogP contribution is 2.37.